The molecule has 1 N–H and O–H groups in total. The maximum atomic E-state index is 13.1. The Morgan fingerprint density at radius 3 is 2.61 bits per heavy atom. The maximum absolute atomic E-state index is 13.1. The number of ether oxygens (including phenoxy) is 1. The molecule has 0 saturated carbocycles. The molecule has 164 valence electrons. The van der Waals surface area contributed by atoms with Gasteiger partial charge in [0, 0.05) is 30.4 Å². The van der Waals surface area contributed by atoms with Gasteiger partial charge in [0.15, 0.2) is 5.11 Å². The molecule has 4 rings (SSSR count). The van der Waals surface area contributed by atoms with Crippen molar-refractivity contribution in [2.75, 3.05) is 31.2 Å². The zero-order valence-corrected chi connectivity index (χ0v) is 19.1. The van der Waals surface area contributed by atoms with Gasteiger partial charge in [-0.1, -0.05) is 24.3 Å². The van der Waals surface area contributed by atoms with Gasteiger partial charge in [0.2, 0.25) is 10.0 Å². The van der Waals surface area contributed by atoms with E-state index in [1.807, 2.05) is 23.1 Å². The van der Waals surface area contributed by atoms with Crippen LogP contribution in [-0.4, -0.2) is 56.1 Å². The van der Waals surface area contributed by atoms with Crippen LogP contribution < -0.4 is 10.2 Å². The molecule has 0 radical (unpaired) electrons. The number of fused-ring (bicyclic) bond motifs is 1. The third kappa shape index (κ3) is 4.23. The molecular formula is C22H25N3O4S2. The average Bonchev–Trinajstić information content (AvgIpc) is 3.10. The van der Waals surface area contributed by atoms with Gasteiger partial charge in [-0.3, -0.25) is 10.1 Å². The molecule has 1 fully saturated rings. The molecule has 0 aromatic heterocycles. The Kier molecular flexibility index (Phi) is 6.11. The summed E-state index contributed by atoms with van der Waals surface area (Å²) in [5.41, 5.74) is 3.13. The highest BCUT2D eigenvalue weighted by molar-refractivity contribution is 7.89. The van der Waals surface area contributed by atoms with E-state index in [-0.39, 0.29) is 16.5 Å². The van der Waals surface area contributed by atoms with E-state index in [1.54, 1.807) is 13.0 Å². The molecule has 0 aliphatic carbocycles. The number of hydrogen-bond donors (Lipinski definition) is 1. The van der Waals surface area contributed by atoms with Crippen LogP contribution in [0.2, 0.25) is 0 Å². The summed E-state index contributed by atoms with van der Waals surface area (Å²) in [5, 5.41) is 3.11. The number of morpholine rings is 1. The molecule has 1 atom stereocenters. The fourth-order valence-electron chi connectivity index (χ4n) is 4.04. The minimum absolute atomic E-state index is 0.0935. The minimum Gasteiger partial charge on any atom is -0.379 e. The van der Waals surface area contributed by atoms with E-state index in [1.165, 1.54) is 22.0 Å². The largest absolute Gasteiger partial charge is 0.379 e. The van der Waals surface area contributed by atoms with E-state index >= 15 is 0 Å². The Bertz CT molecular complexity index is 1130. The number of para-hydroxylation sites is 1. The number of amides is 1. The first-order valence-corrected chi connectivity index (χ1v) is 12.0. The SMILES string of the molecule is Cc1ccc(S(=O)(=O)N2CCOCC2)cc1C(=O)NC(=S)N1c2ccccc2C[C@H]1C. The molecule has 2 aliphatic heterocycles. The topological polar surface area (TPSA) is 78.9 Å². The van der Waals surface area contributed by atoms with E-state index < -0.39 is 15.9 Å². The van der Waals surface area contributed by atoms with Crippen molar-refractivity contribution in [3.63, 3.8) is 0 Å². The smallest absolute Gasteiger partial charge is 0.257 e. The van der Waals surface area contributed by atoms with E-state index in [9.17, 15) is 13.2 Å². The third-order valence-corrected chi connectivity index (χ3v) is 7.90. The molecule has 2 aromatic rings. The molecule has 2 aliphatic rings. The van der Waals surface area contributed by atoms with Crippen molar-refractivity contribution in [3.8, 4) is 0 Å². The molecule has 1 amide bonds. The summed E-state index contributed by atoms with van der Waals surface area (Å²) in [5.74, 6) is -0.418. The standard InChI is InChI=1S/C22H25N3O4S2/c1-15-7-8-18(31(27,28)24-9-11-29-12-10-24)14-19(15)21(26)23-22(30)25-16(2)13-17-5-3-4-6-20(17)25/h3-8,14,16H,9-13H2,1-2H3,(H,23,26,30)/t16-/m1/s1. The summed E-state index contributed by atoms with van der Waals surface area (Å²) in [6.07, 6.45) is 0.846. The van der Waals surface area contributed by atoms with Gasteiger partial charge in [-0.15, -0.1) is 0 Å². The lowest BCUT2D eigenvalue weighted by Crippen LogP contribution is -2.45. The molecular weight excluding hydrogens is 434 g/mol. The number of carbonyl (C=O) groups excluding carboxylic acids is 1. The van der Waals surface area contributed by atoms with Gasteiger partial charge in [0.1, 0.15) is 0 Å². The van der Waals surface area contributed by atoms with Gasteiger partial charge < -0.3 is 9.64 Å². The number of anilines is 1. The van der Waals surface area contributed by atoms with Crippen molar-refractivity contribution < 1.29 is 17.9 Å². The van der Waals surface area contributed by atoms with E-state index in [2.05, 4.69) is 18.3 Å². The predicted molar refractivity (Wildman–Crippen MR) is 123 cm³/mol. The predicted octanol–water partition coefficient (Wildman–Crippen LogP) is 2.48. The van der Waals surface area contributed by atoms with Gasteiger partial charge in [-0.25, -0.2) is 8.42 Å². The molecule has 2 aromatic carbocycles. The summed E-state index contributed by atoms with van der Waals surface area (Å²) >= 11 is 5.55. The summed E-state index contributed by atoms with van der Waals surface area (Å²) in [4.78, 5) is 15.1. The van der Waals surface area contributed by atoms with Crippen LogP contribution in [0.15, 0.2) is 47.4 Å². The Hall–Kier alpha value is -2.33. The van der Waals surface area contributed by atoms with E-state index in [4.69, 9.17) is 17.0 Å². The van der Waals surface area contributed by atoms with Crippen LogP contribution in [-0.2, 0) is 21.2 Å². The maximum Gasteiger partial charge on any atom is 0.257 e. The van der Waals surface area contributed by atoms with Crippen molar-refractivity contribution in [1.29, 1.82) is 0 Å². The molecule has 9 heteroatoms. The Morgan fingerprint density at radius 1 is 1.16 bits per heavy atom. The quantitative estimate of drug-likeness (QED) is 0.711. The summed E-state index contributed by atoms with van der Waals surface area (Å²) in [6, 6.07) is 12.7. The Labute approximate surface area is 188 Å². The number of carbonyl (C=O) groups is 1. The number of nitrogens with one attached hydrogen (secondary N) is 1. The van der Waals surface area contributed by atoms with Crippen LogP contribution in [0.3, 0.4) is 0 Å². The first kappa shape index (κ1) is 21.9. The van der Waals surface area contributed by atoms with Gasteiger partial charge in [-0.2, -0.15) is 4.31 Å². The van der Waals surface area contributed by atoms with Crippen LogP contribution >= 0.6 is 12.2 Å². The third-order valence-electron chi connectivity index (χ3n) is 5.71. The normalized spacial score (nSPS) is 19.2. The van der Waals surface area contributed by atoms with Crippen molar-refractivity contribution >= 4 is 38.9 Å². The lowest BCUT2D eigenvalue weighted by atomic mass is 10.1. The number of rotatable bonds is 3. The number of nitrogens with zero attached hydrogens (tertiary/aromatic N) is 2. The van der Waals surface area contributed by atoms with Crippen molar-refractivity contribution in [2.45, 2.75) is 31.2 Å². The van der Waals surface area contributed by atoms with Crippen LogP contribution in [0.5, 0.6) is 0 Å². The zero-order chi connectivity index (χ0) is 22.2. The lowest BCUT2D eigenvalue weighted by Gasteiger charge is -2.27. The first-order chi connectivity index (χ1) is 14.8. The Morgan fingerprint density at radius 2 is 1.87 bits per heavy atom. The van der Waals surface area contributed by atoms with Crippen molar-refractivity contribution in [2.24, 2.45) is 0 Å². The first-order valence-electron chi connectivity index (χ1n) is 10.2. The number of thiocarbonyl (C=S) groups is 1. The fraction of sp³-hybridized carbons (Fsp3) is 0.364. The summed E-state index contributed by atoms with van der Waals surface area (Å²) in [7, 11) is -3.70. The number of hydrogen-bond acceptors (Lipinski definition) is 5. The molecule has 2 heterocycles. The average molecular weight is 460 g/mol. The second kappa shape index (κ2) is 8.66. The van der Waals surface area contributed by atoms with Gasteiger partial charge in [0.25, 0.3) is 5.91 Å². The van der Waals surface area contributed by atoms with E-state index in [0.717, 1.165) is 12.1 Å². The van der Waals surface area contributed by atoms with Crippen LogP contribution in [0.4, 0.5) is 5.69 Å². The molecule has 31 heavy (non-hydrogen) atoms. The minimum atomic E-state index is -3.70. The number of sulfonamides is 1. The van der Waals surface area contributed by atoms with Gasteiger partial charge in [0.05, 0.1) is 18.1 Å². The van der Waals surface area contributed by atoms with Crippen LogP contribution in [0, 0.1) is 6.92 Å². The monoisotopic (exact) mass is 459 g/mol. The molecule has 0 bridgehead atoms. The highest BCUT2D eigenvalue weighted by Gasteiger charge is 2.30. The molecule has 7 nitrogen and oxygen atoms in total. The van der Waals surface area contributed by atoms with Crippen molar-refractivity contribution in [1.82, 2.24) is 9.62 Å². The highest BCUT2D eigenvalue weighted by atomic mass is 32.2. The second-order valence-corrected chi connectivity index (χ2v) is 10.1. The van der Waals surface area contributed by atoms with Crippen LogP contribution in [0.1, 0.15) is 28.4 Å². The number of benzene rings is 2. The summed E-state index contributed by atoms with van der Waals surface area (Å²) < 4.78 is 32.6. The molecule has 0 unspecified atom stereocenters. The highest BCUT2D eigenvalue weighted by Crippen LogP contribution is 2.32. The number of aryl methyl sites for hydroxylation is 1. The van der Waals surface area contributed by atoms with Crippen molar-refractivity contribution in [3.05, 3.63) is 59.2 Å². The second-order valence-electron chi connectivity index (χ2n) is 7.80. The molecule has 0 spiro atoms. The summed E-state index contributed by atoms with van der Waals surface area (Å²) in [6.45, 7) is 5.16. The van der Waals surface area contributed by atoms with Gasteiger partial charge >= 0.3 is 0 Å². The zero-order valence-electron chi connectivity index (χ0n) is 17.5. The van der Waals surface area contributed by atoms with E-state index in [0.29, 0.717) is 37.0 Å². The van der Waals surface area contributed by atoms with Gasteiger partial charge in [-0.05, 0) is 61.8 Å². The van der Waals surface area contributed by atoms with Crippen LogP contribution in [0.25, 0.3) is 0 Å². The fourth-order valence-corrected chi connectivity index (χ4v) is 5.85. The Balaban J connectivity index is 1.56. The molecule has 1 saturated heterocycles. The lowest BCUT2D eigenvalue weighted by molar-refractivity contribution is 0.0730.